The van der Waals surface area contributed by atoms with Crippen LogP contribution < -0.4 is 5.73 Å². The summed E-state index contributed by atoms with van der Waals surface area (Å²) >= 11 is 0. The lowest BCUT2D eigenvalue weighted by molar-refractivity contribution is -0.132. The first kappa shape index (κ1) is 16.4. The van der Waals surface area contributed by atoms with Crippen LogP contribution in [0.1, 0.15) is 32.6 Å². The summed E-state index contributed by atoms with van der Waals surface area (Å²) in [6.07, 6.45) is 2.75. The van der Waals surface area contributed by atoms with Crippen LogP contribution in [-0.2, 0) is 4.79 Å². The molecule has 19 heavy (non-hydrogen) atoms. The molecule has 1 amide bonds. The number of hydrogen-bond acceptors (Lipinski definition) is 4. The van der Waals surface area contributed by atoms with Crippen molar-refractivity contribution in [2.24, 2.45) is 11.7 Å². The van der Waals surface area contributed by atoms with Crippen LogP contribution in [0.3, 0.4) is 0 Å². The summed E-state index contributed by atoms with van der Waals surface area (Å²) in [4.78, 5) is 16.2. The molecule has 0 aromatic rings. The maximum atomic E-state index is 12.3. The number of carbonyl (C=O) groups is 1. The molecule has 0 bridgehead atoms. The van der Waals surface area contributed by atoms with Crippen molar-refractivity contribution >= 4 is 5.91 Å². The van der Waals surface area contributed by atoms with Crippen molar-refractivity contribution in [1.29, 1.82) is 0 Å². The Hall–Kier alpha value is -0.650. The molecule has 1 aliphatic heterocycles. The van der Waals surface area contributed by atoms with Crippen LogP contribution in [0.2, 0.25) is 0 Å². The highest BCUT2D eigenvalue weighted by Crippen LogP contribution is 2.21. The number of nitrogens with two attached hydrogens (primary N) is 1. The van der Waals surface area contributed by atoms with Crippen LogP contribution >= 0.6 is 0 Å². The Bertz CT molecular complexity index is 284. The van der Waals surface area contributed by atoms with Gasteiger partial charge in [-0.25, -0.2) is 0 Å². The average Bonchev–Trinajstić information content (AvgIpc) is 2.66. The summed E-state index contributed by atoms with van der Waals surface area (Å²) < 4.78 is 0. The number of amides is 1. The maximum Gasteiger partial charge on any atom is 0.222 e. The van der Waals surface area contributed by atoms with Gasteiger partial charge in [-0.3, -0.25) is 4.79 Å². The van der Waals surface area contributed by atoms with Crippen LogP contribution in [0, 0.1) is 5.92 Å². The lowest BCUT2D eigenvalue weighted by atomic mass is 10.0. The van der Waals surface area contributed by atoms with Crippen molar-refractivity contribution < 1.29 is 9.90 Å². The Balaban J connectivity index is 2.44. The van der Waals surface area contributed by atoms with Gasteiger partial charge in [-0.1, -0.05) is 6.92 Å². The minimum absolute atomic E-state index is 0.155. The third-order valence-corrected chi connectivity index (χ3v) is 3.80. The zero-order chi connectivity index (χ0) is 14.4. The molecule has 1 rings (SSSR count). The van der Waals surface area contributed by atoms with Crippen molar-refractivity contribution in [1.82, 2.24) is 9.80 Å². The van der Waals surface area contributed by atoms with Crippen LogP contribution in [-0.4, -0.2) is 66.7 Å². The van der Waals surface area contributed by atoms with E-state index in [1.54, 1.807) is 0 Å². The zero-order valence-electron chi connectivity index (χ0n) is 12.5. The lowest BCUT2D eigenvalue weighted by Gasteiger charge is -2.27. The number of aliphatic hydroxyl groups is 1. The highest BCUT2D eigenvalue weighted by molar-refractivity contribution is 5.77. The van der Waals surface area contributed by atoms with Crippen molar-refractivity contribution in [3.8, 4) is 0 Å². The van der Waals surface area contributed by atoms with Gasteiger partial charge < -0.3 is 20.6 Å². The van der Waals surface area contributed by atoms with E-state index < -0.39 is 0 Å². The number of β-amino-alcohol motifs (C(OH)–C–C–N with tert-alkyl or cyclic N) is 1. The fourth-order valence-electron chi connectivity index (χ4n) is 2.73. The number of rotatable bonds is 7. The van der Waals surface area contributed by atoms with E-state index in [1.165, 1.54) is 0 Å². The first-order valence-electron chi connectivity index (χ1n) is 7.26. The Morgan fingerprint density at radius 3 is 2.74 bits per heavy atom. The van der Waals surface area contributed by atoms with Crippen LogP contribution in [0.4, 0.5) is 0 Å². The minimum Gasteiger partial charge on any atom is -0.391 e. The van der Waals surface area contributed by atoms with Crippen LogP contribution in [0.15, 0.2) is 0 Å². The van der Waals surface area contributed by atoms with Crippen molar-refractivity contribution in [2.45, 2.75) is 44.8 Å². The van der Waals surface area contributed by atoms with Gasteiger partial charge >= 0.3 is 0 Å². The number of carbonyl (C=O) groups excluding carboxylic acids is 1. The minimum atomic E-state index is -0.365. The Labute approximate surface area is 116 Å². The molecule has 112 valence electrons. The average molecular weight is 271 g/mol. The van der Waals surface area contributed by atoms with Gasteiger partial charge in [0.1, 0.15) is 0 Å². The molecule has 0 radical (unpaired) electrons. The molecule has 3 N–H and O–H groups in total. The second-order valence-corrected chi connectivity index (χ2v) is 6.07. The van der Waals surface area contributed by atoms with Gasteiger partial charge in [0, 0.05) is 25.6 Å². The van der Waals surface area contributed by atoms with Crippen LogP contribution in [0.5, 0.6) is 0 Å². The van der Waals surface area contributed by atoms with Crippen LogP contribution in [0.25, 0.3) is 0 Å². The number of hydrogen-bond donors (Lipinski definition) is 2. The number of likely N-dealkylation sites (tertiary alicyclic amines) is 1. The highest BCUT2D eigenvalue weighted by atomic mass is 16.3. The van der Waals surface area contributed by atoms with E-state index in [1.807, 2.05) is 19.0 Å². The molecule has 0 spiro atoms. The van der Waals surface area contributed by atoms with E-state index in [-0.39, 0.29) is 18.1 Å². The van der Waals surface area contributed by atoms with E-state index >= 15 is 0 Å². The molecule has 3 unspecified atom stereocenters. The quantitative estimate of drug-likeness (QED) is 0.697. The molecule has 1 aliphatic rings. The van der Waals surface area contributed by atoms with Gasteiger partial charge in [0.2, 0.25) is 5.91 Å². The monoisotopic (exact) mass is 271 g/mol. The van der Waals surface area contributed by atoms with E-state index in [4.69, 9.17) is 5.73 Å². The van der Waals surface area contributed by atoms with E-state index in [9.17, 15) is 9.90 Å². The molecule has 0 aliphatic carbocycles. The summed E-state index contributed by atoms with van der Waals surface area (Å²) in [6.45, 7) is 4.13. The molecular weight excluding hydrogens is 242 g/mol. The Morgan fingerprint density at radius 1 is 1.47 bits per heavy atom. The van der Waals surface area contributed by atoms with Gasteiger partial charge in [-0.2, -0.15) is 0 Å². The van der Waals surface area contributed by atoms with Crippen molar-refractivity contribution in [2.75, 3.05) is 33.7 Å². The molecule has 5 nitrogen and oxygen atoms in total. The number of nitrogens with zero attached hydrogens (tertiary/aromatic N) is 2. The van der Waals surface area contributed by atoms with E-state index in [0.717, 1.165) is 19.4 Å². The number of aliphatic hydroxyl groups excluding tert-OH is 1. The van der Waals surface area contributed by atoms with Gasteiger partial charge in [0.15, 0.2) is 0 Å². The summed E-state index contributed by atoms with van der Waals surface area (Å²) in [5, 5.41) is 9.76. The molecule has 1 heterocycles. The second-order valence-electron chi connectivity index (χ2n) is 6.07. The fraction of sp³-hybridized carbons (Fsp3) is 0.929. The smallest absolute Gasteiger partial charge is 0.222 e. The summed E-state index contributed by atoms with van der Waals surface area (Å²) in [5.74, 6) is 0.668. The maximum absolute atomic E-state index is 12.3. The summed E-state index contributed by atoms with van der Waals surface area (Å²) in [5.41, 5.74) is 5.52. The fourth-order valence-corrected chi connectivity index (χ4v) is 2.73. The Morgan fingerprint density at radius 2 is 2.16 bits per heavy atom. The summed E-state index contributed by atoms with van der Waals surface area (Å²) in [7, 11) is 3.99. The SMILES string of the molecule is CC(CCN)CCC(=O)N1CC(O)CC1CN(C)C. The number of likely N-dealkylation sites (N-methyl/N-ethyl adjacent to an activating group) is 1. The first-order chi connectivity index (χ1) is 8.93. The largest absolute Gasteiger partial charge is 0.391 e. The molecule has 0 aromatic carbocycles. The molecule has 1 fully saturated rings. The molecule has 5 heteroatoms. The zero-order valence-corrected chi connectivity index (χ0v) is 12.5. The molecule has 0 saturated carbocycles. The van der Waals surface area contributed by atoms with Gasteiger partial charge in [-0.05, 0) is 45.8 Å². The summed E-state index contributed by atoms with van der Waals surface area (Å²) in [6, 6.07) is 0.155. The normalized spacial score (nSPS) is 25.1. The van der Waals surface area contributed by atoms with Crippen molar-refractivity contribution in [3.63, 3.8) is 0 Å². The molecule has 1 saturated heterocycles. The third-order valence-electron chi connectivity index (χ3n) is 3.80. The molecule has 0 aromatic heterocycles. The van der Waals surface area contributed by atoms with E-state index in [2.05, 4.69) is 11.8 Å². The topological polar surface area (TPSA) is 69.8 Å². The first-order valence-corrected chi connectivity index (χ1v) is 7.26. The van der Waals surface area contributed by atoms with Gasteiger partial charge in [0.25, 0.3) is 0 Å². The highest BCUT2D eigenvalue weighted by Gasteiger charge is 2.34. The second kappa shape index (κ2) is 7.82. The van der Waals surface area contributed by atoms with Gasteiger partial charge in [-0.15, -0.1) is 0 Å². The molecule has 3 atom stereocenters. The van der Waals surface area contributed by atoms with E-state index in [0.29, 0.717) is 31.8 Å². The third kappa shape index (κ3) is 5.47. The van der Waals surface area contributed by atoms with Crippen molar-refractivity contribution in [3.05, 3.63) is 0 Å². The standard InChI is InChI=1S/C14H29N3O2/c1-11(6-7-15)4-5-14(19)17-10-13(18)8-12(17)9-16(2)3/h11-13,18H,4-10,15H2,1-3H3. The Kier molecular flexibility index (Phi) is 6.75. The van der Waals surface area contributed by atoms with Gasteiger partial charge in [0.05, 0.1) is 6.10 Å². The lowest BCUT2D eigenvalue weighted by Crippen LogP contribution is -2.41. The molecular formula is C14H29N3O2. The predicted octanol–water partition coefficient (Wildman–Crippen LogP) is 0.275. The predicted molar refractivity (Wildman–Crippen MR) is 76.7 cm³/mol.